The maximum atomic E-state index is 13.9. The normalized spacial score (nSPS) is 11.0. The Kier molecular flexibility index (Phi) is 7.07. The minimum absolute atomic E-state index is 0.0681. The van der Waals surface area contributed by atoms with Gasteiger partial charge in [-0.25, -0.2) is 23.4 Å². The van der Waals surface area contributed by atoms with E-state index in [9.17, 15) is 23.2 Å². The van der Waals surface area contributed by atoms with Crippen LogP contribution in [0.4, 0.5) is 13.6 Å². The minimum Gasteiger partial charge on any atom is -0.464 e. The third-order valence-corrected chi connectivity index (χ3v) is 3.29. The highest BCUT2D eigenvalue weighted by Crippen LogP contribution is 2.20. The molecule has 24 heavy (non-hydrogen) atoms. The van der Waals surface area contributed by atoms with Crippen LogP contribution in [0, 0.1) is 15.2 Å². The molecule has 0 saturated carbocycles. The van der Waals surface area contributed by atoms with Crippen molar-refractivity contribution in [1.29, 1.82) is 0 Å². The number of carbonyl (C=O) groups is 3. The van der Waals surface area contributed by atoms with E-state index in [1.54, 1.807) is 22.6 Å². The van der Waals surface area contributed by atoms with Crippen LogP contribution in [0.15, 0.2) is 23.9 Å². The molecule has 0 spiro atoms. The second kappa shape index (κ2) is 8.57. The van der Waals surface area contributed by atoms with Crippen LogP contribution in [0.2, 0.25) is 0 Å². The molecule has 0 aliphatic heterocycles. The van der Waals surface area contributed by atoms with Crippen molar-refractivity contribution in [3.8, 4) is 0 Å². The highest BCUT2D eigenvalue weighted by molar-refractivity contribution is 14.1. The highest BCUT2D eigenvalue weighted by atomic mass is 127. The Bertz CT molecular complexity index is 709. The number of rotatable bonds is 6. The first-order valence-corrected chi connectivity index (χ1v) is 7.56. The number of halogens is 3. The Morgan fingerprint density at radius 1 is 1.38 bits per heavy atom. The van der Waals surface area contributed by atoms with Gasteiger partial charge in [0.1, 0.15) is 5.57 Å². The van der Waals surface area contributed by atoms with Gasteiger partial charge in [-0.15, -0.1) is 0 Å². The Morgan fingerprint density at radius 3 is 2.54 bits per heavy atom. The lowest BCUT2D eigenvalue weighted by Gasteiger charge is -2.14. The largest absolute Gasteiger partial charge is 0.464 e. The number of nitrogens with zero attached hydrogens (tertiary/aromatic N) is 1. The molecule has 0 unspecified atom stereocenters. The maximum absolute atomic E-state index is 13.9. The Hall–Kier alpha value is -2.24. The van der Waals surface area contributed by atoms with Crippen LogP contribution in [0.3, 0.4) is 0 Å². The van der Waals surface area contributed by atoms with Gasteiger partial charge in [-0.2, -0.15) is 0 Å². The van der Waals surface area contributed by atoms with Crippen molar-refractivity contribution in [2.75, 3.05) is 13.7 Å². The summed E-state index contributed by atoms with van der Waals surface area (Å²) in [5.74, 6) is -4.91. The van der Waals surface area contributed by atoms with Gasteiger partial charge >= 0.3 is 12.1 Å². The number of amides is 1. The van der Waals surface area contributed by atoms with E-state index in [-0.39, 0.29) is 10.2 Å². The summed E-state index contributed by atoms with van der Waals surface area (Å²) in [5, 5.41) is 9.29. The lowest BCUT2D eigenvalue weighted by Crippen LogP contribution is -2.36. The van der Waals surface area contributed by atoms with Crippen LogP contribution >= 0.6 is 22.6 Å². The van der Waals surface area contributed by atoms with E-state index in [1.165, 1.54) is 6.92 Å². The summed E-state index contributed by atoms with van der Waals surface area (Å²) >= 11 is 1.68. The van der Waals surface area contributed by atoms with Gasteiger partial charge in [-0.3, -0.25) is 10.2 Å². The Labute approximate surface area is 149 Å². The molecule has 0 heterocycles. The third kappa shape index (κ3) is 4.88. The topological polar surface area (TPSA) is 95.9 Å². The predicted octanol–water partition coefficient (Wildman–Crippen LogP) is 2.31. The lowest BCUT2D eigenvalue weighted by atomic mass is 10.0. The molecule has 0 fully saturated rings. The number of hydrogen-bond acceptors (Lipinski definition) is 5. The van der Waals surface area contributed by atoms with E-state index in [2.05, 4.69) is 10.2 Å². The lowest BCUT2D eigenvalue weighted by molar-refractivity contribution is -0.138. The van der Waals surface area contributed by atoms with E-state index in [4.69, 9.17) is 5.11 Å². The Balaban J connectivity index is 3.29. The van der Waals surface area contributed by atoms with Gasteiger partial charge in [0, 0.05) is 16.8 Å². The SMILES string of the molecule is CCOC(=O)C(=CNN(C)C(=O)O)C(=O)c1cc(I)cc(F)c1F. The quantitative estimate of drug-likeness (QED) is 0.100. The van der Waals surface area contributed by atoms with Gasteiger partial charge in [-0.05, 0) is 41.6 Å². The van der Waals surface area contributed by atoms with Crippen molar-refractivity contribution in [3.63, 3.8) is 0 Å². The number of carbonyl (C=O) groups excluding carboxylic acids is 2. The molecule has 1 amide bonds. The zero-order valence-corrected chi connectivity index (χ0v) is 14.8. The Morgan fingerprint density at radius 2 is 2.00 bits per heavy atom. The van der Waals surface area contributed by atoms with Gasteiger partial charge in [0.05, 0.1) is 12.2 Å². The van der Waals surface area contributed by atoms with E-state index in [0.29, 0.717) is 5.01 Å². The number of ether oxygens (including phenoxy) is 1. The first-order valence-electron chi connectivity index (χ1n) is 6.48. The molecule has 0 aromatic heterocycles. The molecular weight excluding hydrogens is 441 g/mol. The number of carboxylic acid groups (broad SMARTS) is 1. The van der Waals surface area contributed by atoms with Crippen molar-refractivity contribution >= 4 is 40.4 Å². The van der Waals surface area contributed by atoms with Crippen LogP contribution in [0.25, 0.3) is 0 Å². The van der Waals surface area contributed by atoms with Gasteiger partial charge < -0.3 is 9.84 Å². The molecular formula is C14H13F2IN2O5. The van der Waals surface area contributed by atoms with Crippen molar-refractivity contribution in [2.45, 2.75) is 6.92 Å². The average molecular weight is 454 g/mol. The van der Waals surface area contributed by atoms with Crippen molar-refractivity contribution in [3.05, 3.63) is 44.7 Å². The summed E-state index contributed by atoms with van der Waals surface area (Å²) in [5.41, 5.74) is 0.809. The van der Waals surface area contributed by atoms with Crippen LogP contribution in [0.1, 0.15) is 17.3 Å². The van der Waals surface area contributed by atoms with Crippen LogP contribution < -0.4 is 5.43 Å². The van der Waals surface area contributed by atoms with E-state index < -0.39 is 40.6 Å². The summed E-state index contributed by atoms with van der Waals surface area (Å²) in [4.78, 5) is 35.0. The number of ketones is 1. The van der Waals surface area contributed by atoms with Crippen molar-refractivity contribution in [1.82, 2.24) is 10.4 Å². The number of nitrogens with one attached hydrogen (secondary N) is 1. The van der Waals surface area contributed by atoms with Gasteiger partial charge in [0.15, 0.2) is 11.6 Å². The van der Waals surface area contributed by atoms with Crippen LogP contribution in [-0.4, -0.2) is 41.6 Å². The fraction of sp³-hybridized carbons (Fsp3) is 0.214. The molecule has 1 rings (SSSR count). The van der Waals surface area contributed by atoms with Crippen LogP contribution in [-0.2, 0) is 9.53 Å². The van der Waals surface area contributed by atoms with Gasteiger partial charge in [-0.1, -0.05) is 0 Å². The van der Waals surface area contributed by atoms with Crippen molar-refractivity contribution in [2.24, 2.45) is 0 Å². The molecule has 0 radical (unpaired) electrons. The maximum Gasteiger partial charge on any atom is 0.425 e. The zero-order chi connectivity index (χ0) is 18.4. The molecule has 0 atom stereocenters. The minimum atomic E-state index is -1.41. The fourth-order valence-corrected chi connectivity index (χ4v) is 2.09. The second-order valence-corrected chi connectivity index (χ2v) is 5.57. The molecule has 7 nitrogen and oxygen atoms in total. The van der Waals surface area contributed by atoms with Crippen molar-refractivity contribution < 1.29 is 33.0 Å². The summed E-state index contributed by atoms with van der Waals surface area (Å²) in [7, 11) is 1.11. The zero-order valence-electron chi connectivity index (χ0n) is 12.6. The molecule has 1 aromatic rings. The molecule has 0 saturated heterocycles. The van der Waals surface area contributed by atoms with Gasteiger partial charge in [0.25, 0.3) is 0 Å². The second-order valence-electron chi connectivity index (χ2n) is 4.33. The van der Waals surface area contributed by atoms with E-state index in [0.717, 1.165) is 25.4 Å². The predicted molar refractivity (Wildman–Crippen MR) is 87.0 cm³/mol. The number of hydrazine groups is 1. The first-order chi connectivity index (χ1) is 11.2. The molecule has 2 N–H and O–H groups in total. The summed E-state index contributed by atoms with van der Waals surface area (Å²) in [6, 6.07) is 1.95. The number of esters is 1. The summed E-state index contributed by atoms with van der Waals surface area (Å²) in [6.45, 7) is 1.42. The first kappa shape index (κ1) is 19.8. The number of Topliss-reactive ketones (excluding diaryl/α,β-unsaturated/α-hetero) is 1. The molecule has 130 valence electrons. The standard InChI is InChI=1S/C14H13F2IN2O5/c1-3-24-13(21)9(6-18-19(2)14(22)23)12(20)8-4-7(17)5-10(15)11(8)16/h4-6,18H,3H2,1-2H3,(H,22,23). The third-order valence-electron chi connectivity index (χ3n) is 2.67. The van der Waals surface area contributed by atoms with E-state index >= 15 is 0 Å². The molecule has 0 bridgehead atoms. The smallest absolute Gasteiger partial charge is 0.425 e. The monoisotopic (exact) mass is 454 g/mol. The number of hydrogen-bond donors (Lipinski definition) is 2. The van der Waals surface area contributed by atoms with Gasteiger partial charge in [0.2, 0.25) is 5.78 Å². The summed E-state index contributed by atoms with van der Waals surface area (Å²) < 4.78 is 32.3. The molecule has 1 aromatic carbocycles. The van der Waals surface area contributed by atoms with Crippen LogP contribution in [0.5, 0.6) is 0 Å². The molecule has 10 heteroatoms. The summed E-state index contributed by atoms with van der Waals surface area (Å²) in [6.07, 6.45) is -0.639. The number of benzene rings is 1. The highest BCUT2D eigenvalue weighted by Gasteiger charge is 2.26. The average Bonchev–Trinajstić information content (AvgIpc) is 2.50. The molecule has 0 aliphatic rings. The van der Waals surface area contributed by atoms with E-state index in [1.807, 2.05) is 0 Å². The molecule has 0 aliphatic carbocycles. The fourth-order valence-electron chi connectivity index (χ4n) is 1.51.